The number of aromatic nitrogens is 3. The molecule has 4 rings (SSSR count). The first-order valence-corrected chi connectivity index (χ1v) is 13.1. The van der Waals surface area contributed by atoms with E-state index in [1.54, 1.807) is 32.0 Å². The molecule has 0 aliphatic heterocycles. The minimum absolute atomic E-state index is 0.0543. The van der Waals surface area contributed by atoms with E-state index in [1.165, 1.54) is 23.5 Å². The van der Waals surface area contributed by atoms with E-state index in [4.69, 9.17) is 19.6 Å². The van der Waals surface area contributed by atoms with Crippen LogP contribution in [0.5, 0.6) is 11.5 Å². The van der Waals surface area contributed by atoms with Gasteiger partial charge in [0, 0.05) is 17.7 Å². The zero-order valence-electron chi connectivity index (χ0n) is 17.7. The number of thioether (sulfide) groups is 1. The standard InChI is InChI=1S/C21H22N4O4S3/c1-4-25-17-9-8-14(32(22,26)27)10-16(17)24-21(25)31-12-13-11-30-20(23-13)15-6-5-7-18(28-2)19(15)29-3/h5-11H,4,12H2,1-3H3,(H2,22,26,27). The molecule has 0 amide bonds. The van der Waals surface area contributed by atoms with Crippen LogP contribution < -0.4 is 14.6 Å². The van der Waals surface area contributed by atoms with E-state index in [2.05, 4.69) is 4.98 Å². The van der Waals surface area contributed by atoms with Gasteiger partial charge in [0.25, 0.3) is 0 Å². The summed E-state index contributed by atoms with van der Waals surface area (Å²) in [6.45, 7) is 2.73. The second-order valence-corrected chi connectivity index (χ2v) is 10.2. The molecule has 0 fully saturated rings. The van der Waals surface area contributed by atoms with Crippen molar-refractivity contribution in [1.29, 1.82) is 0 Å². The minimum Gasteiger partial charge on any atom is -0.493 e. The number of thiazole rings is 1. The van der Waals surface area contributed by atoms with Crippen LogP contribution in [0.3, 0.4) is 0 Å². The SMILES string of the molecule is CCn1c(SCc2csc(-c3cccc(OC)c3OC)n2)nc2cc(S(N)(=O)=O)ccc21. The van der Waals surface area contributed by atoms with Gasteiger partial charge in [0.15, 0.2) is 16.7 Å². The first-order chi connectivity index (χ1) is 15.4. The number of fused-ring (bicyclic) bond motifs is 1. The average Bonchev–Trinajstić information content (AvgIpc) is 3.39. The summed E-state index contributed by atoms with van der Waals surface area (Å²) in [6, 6.07) is 10.5. The Hall–Kier alpha value is -2.60. The molecule has 0 unspecified atom stereocenters. The Morgan fingerprint density at radius 3 is 2.66 bits per heavy atom. The zero-order valence-corrected chi connectivity index (χ0v) is 20.2. The van der Waals surface area contributed by atoms with Gasteiger partial charge in [0.1, 0.15) is 5.01 Å². The normalized spacial score (nSPS) is 11.8. The van der Waals surface area contributed by atoms with Gasteiger partial charge >= 0.3 is 0 Å². The molecule has 0 saturated carbocycles. The quantitative estimate of drug-likeness (QED) is 0.370. The van der Waals surface area contributed by atoms with E-state index < -0.39 is 10.0 Å². The second-order valence-electron chi connectivity index (χ2n) is 6.81. The number of aryl methyl sites for hydroxylation is 1. The number of hydrogen-bond donors (Lipinski definition) is 1. The Morgan fingerprint density at radius 2 is 1.97 bits per heavy atom. The van der Waals surface area contributed by atoms with Crippen LogP contribution in [0.2, 0.25) is 0 Å². The molecule has 2 heterocycles. The molecule has 2 aromatic heterocycles. The van der Waals surface area contributed by atoms with Crippen LogP contribution in [0, 0.1) is 0 Å². The maximum atomic E-state index is 11.7. The van der Waals surface area contributed by atoms with E-state index in [1.807, 2.05) is 35.1 Å². The van der Waals surface area contributed by atoms with Crippen LogP contribution in [-0.2, 0) is 22.3 Å². The fourth-order valence-electron chi connectivity index (χ4n) is 3.37. The third-order valence-electron chi connectivity index (χ3n) is 4.86. The fraction of sp³-hybridized carbons (Fsp3) is 0.238. The molecule has 0 aliphatic rings. The van der Waals surface area contributed by atoms with Gasteiger partial charge < -0.3 is 14.0 Å². The van der Waals surface area contributed by atoms with Gasteiger partial charge in [-0.3, -0.25) is 0 Å². The molecular formula is C21H22N4O4S3. The van der Waals surface area contributed by atoms with Crippen LogP contribution in [0.15, 0.2) is 51.8 Å². The number of methoxy groups -OCH3 is 2. The summed E-state index contributed by atoms with van der Waals surface area (Å²) in [5, 5.41) is 8.91. The number of para-hydroxylation sites is 1. The third-order valence-corrected chi connectivity index (χ3v) is 7.71. The number of primary sulfonamides is 1. The number of hydrogen-bond acceptors (Lipinski definition) is 8. The number of nitrogens with two attached hydrogens (primary N) is 1. The molecule has 4 aromatic rings. The van der Waals surface area contributed by atoms with Crippen LogP contribution in [-0.4, -0.2) is 37.2 Å². The fourth-order valence-corrected chi connectivity index (χ4v) is 5.82. The number of benzene rings is 2. The van der Waals surface area contributed by atoms with Gasteiger partial charge in [-0.2, -0.15) is 0 Å². The van der Waals surface area contributed by atoms with Crippen molar-refractivity contribution >= 4 is 44.2 Å². The van der Waals surface area contributed by atoms with E-state index >= 15 is 0 Å². The van der Waals surface area contributed by atoms with Gasteiger partial charge in [-0.15, -0.1) is 11.3 Å². The molecule has 0 aliphatic carbocycles. The van der Waals surface area contributed by atoms with Gasteiger partial charge in [0.2, 0.25) is 10.0 Å². The first kappa shape index (κ1) is 22.6. The molecule has 32 heavy (non-hydrogen) atoms. The molecule has 0 atom stereocenters. The Labute approximate surface area is 194 Å². The first-order valence-electron chi connectivity index (χ1n) is 9.67. The van der Waals surface area contributed by atoms with Crippen molar-refractivity contribution in [1.82, 2.24) is 14.5 Å². The van der Waals surface area contributed by atoms with E-state index in [0.29, 0.717) is 29.3 Å². The lowest BCUT2D eigenvalue weighted by Gasteiger charge is -2.10. The number of ether oxygens (including phenoxy) is 2. The molecule has 0 saturated heterocycles. The monoisotopic (exact) mass is 490 g/mol. The highest BCUT2D eigenvalue weighted by atomic mass is 32.2. The third kappa shape index (κ3) is 4.33. The highest BCUT2D eigenvalue weighted by Gasteiger charge is 2.17. The summed E-state index contributed by atoms with van der Waals surface area (Å²) in [4.78, 5) is 9.45. The van der Waals surface area contributed by atoms with Crippen molar-refractivity contribution < 1.29 is 17.9 Å². The molecular weight excluding hydrogens is 468 g/mol. The highest BCUT2D eigenvalue weighted by molar-refractivity contribution is 7.98. The Balaban J connectivity index is 1.59. The summed E-state index contributed by atoms with van der Waals surface area (Å²) in [5.74, 6) is 1.93. The van der Waals surface area contributed by atoms with Crippen LogP contribution in [0.25, 0.3) is 21.6 Å². The maximum Gasteiger partial charge on any atom is 0.238 e. The van der Waals surface area contributed by atoms with Gasteiger partial charge in [-0.1, -0.05) is 17.8 Å². The van der Waals surface area contributed by atoms with Gasteiger partial charge in [-0.05, 0) is 37.3 Å². The maximum absolute atomic E-state index is 11.7. The van der Waals surface area contributed by atoms with E-state index in [0.717, 1.165) is 26.9 Å². The molecule has 2 aromatic carbocycles. The lowest BCUT2D eigenvalue weighted by atomic mass is 10.2. The topological polar surface area (TPSA) is 109 Å². The smallest absolute Gasteiger partial charge is 0.238 e. The minimum atomic E-state index is -3.78. The Kier molecular flexibility index (Phi) is 6.42. The molecule has 11 heteroatoms. The van der Waals surface area contributed by atoms with Crippen molar-refractivity contribution in [3.8, 4) is 22.1 Å². The van der Waals surface area contributed by atoms with Crippen molar-refractivity contribution in [3.05, 3.63) is 47.5 Å². The lowest BCUT2D eigenvalue weighted by Crippen LogP contribution is -2.11. The lowest BCUT2D eigenvalue weighted by molar-refractivity contribution is 0.356. The summed E-state index contributed by atoms with van der Waals surface area (Å²) < 4.78 is 36.3. The average molecular weight is 491 g/mol. The molecule has 2 N–H and O–H groups in total. The van der Waals surface area contributed by atoms with Crippen LogP contribution in [0.1, 0.15) is 12.6 Å². The molecule has 8 nitrogen and oxygen atoms in total. The molecule has 0 bridgehead atoms. The predicted octanol–water partition coefficient (Wildman–Crippen LogP) is 4.14. The Bertz CT molecular complexity index is 1380. The van der Waals surface area contributed by atoms with Crippen LogP contribution >= 0.6 is 23.1 Å². The summed E-state index contributed by atoms with van der Waals surface area (Å²) >= 11 is 3.09. The summed E-state index contributed by atoms with van der Waals surface area (Å²) in [5.41, 5.74) is 3.26. The highest BCUT2D eigenvalue weighted by Crippen LogP contribution is 2.39. The van der Waals surface area contributed by atoms with E-state index in [-0.39, 0.29) is 4.90 Å². The van der Waals surface area contributed by atoms with E-state index in [9.17, 15) is 8.42 Å². The van der Waals surface area contributed by atoms with Crippen molar-refractivity contribution in [2.45, 2.75) is 29.3 Å². The predicted molar refractivity (Wildman–Crippen MR) is 127 cm³/mol. The van der Waals surface area contributed by atoms with Crippen LogP contribution in [0.4, 0.5) is 0 Å². The van der Waals surface area contributed by atoms with Crippen molar-refractivity contribution in [3.63, 3.8) is 0 Å². The van der Waals surface area contributed by atoms with Gasteiger partial charge in [0.05, 0.1) is 41.4 Å². The number of imidazole rings is 1. The summed E-state index contributed by atoms with van der Waals surface area (Å²) in [7, 11) is -0.556. The van der Waals surface area contributed by atoms with Gasteiger partial charge in [-0.25, -0.2) is 23.5 Å². The summed E-state index contributed by atoms with van der Waals surface area (Å²) in [6.07, 6.45) is 0. The van der Waals surface area contributed by atoms with Crippen molar-refractivity contribution in [2.24, 2.45) is 5.14 Å². The van der Waals surface area contributed by atoms with Crippen molar-refractivity contribution in [2.75, 3.05) is 14.2 Å². The molecule has 0 radical (unpaired) electrons. The second kappa shape index (κ2) is 9.10. The largest absolute Gasteiger partial charge is 0.493 e. The number of sulfonamides is 1. The Morgan fingerprint density at radius 1 is 1.16 bits per heavy atom. The number of rotatable bonds is 8. The molecule has 168 valence electrons. The zero-order chi connectivity index (χ0) is 22.9. The number of nitrogens with zero attached hydrogens (tertiary/aromatic N) is 3. The molecule has 0 spiro atoms.